The molecule has 2 aromatic heterocycles. The first-order chi connectivity index (χ1) is 22.7. The number of aromatic hydroxyl groups is 1. The van der Waals surface area contributed by atoms with Crippen LogP contribution in [0, 0.1) is 29.4 Å². The molecule has 8 nitrogen and oxygen atoms in total. The van der Waals surface area contributed by atoms with Crippen LogP contribution >= 0.6 is 0 Å². The number of hydrogen-bond donors (Lipinski definition) is 2. The normalized spacial score (nSPS) is 26.4. The van der Waals surface area contributed by atoms with Crippen LogP contribution in [0.3, 0.4) is 0 Å². The Morgan fingerprint density at radius 3 is 2.66 bits per heavy atom. The number of benzene rings is 2. The fraction of sp³-hybridized carbons (Fsp3) is 0.486. The van der Waals surface area contributed by atoms with Crippen molar-refractivity contribution in [2.24, 2.45) is 5.41 Å². The van der Waals surface area contributed by atoms with Gasteiger partial charge in [0.2, 0.25) is 0 Å². The molecule has 2 aromatic carbocycles. The second-order valence-electron chi connectivity index (χ2n) is 14.3. The van der Waals surface area contributed by atoms with E-state index in [4.69, 9.17) is 16.1 Å². The topological polar surface area (TPSA) is 94.8 Å². The molecule has 4 fully saturated rings. The second-order valence-corrected chi connectivity index (χ2v) is 14.3. The van der Waals surface area contributed by atoms with Crippen molar-refractivity contribution in [2.45, 2.75) is 82.4 Å². The number of ether oxygens (including phenoxy) is 1. The third-order valence-electron chi connectivity index (χ3n) is 10.9. The highest BCUT2D eigenvalue weighted by molar-refractivity contribution is 6.03. The van der Waals surface area contributed by atoms with E-state index in [1.807, 2.05) is 4.90 Å². The summed E-state index contributed by atoms with van der Waals surface area (Å²) in [5.41, 5.74) is -0.942. The Balaban J connectivity index is 1.25. The number of halogens is 2. The third-order valence-corrected chi connectivity index (χ3v) is 10.9. The fourth-order valence-electron chi connectivity index (χ4n) is 8.66. The number of pyridine rings is 1. The standard InChI is InChI=1S/C37H39F2N5O3/c1-3-25-28(38)11-8-22-17-24(45)18-26(30(22)25)32-31(39)33-27(19-40-32)34(43-15-5-12-36(2,46)20-43)42-35(41-33)47-21-37-13-4-7-29(37)44(16-6-14-37)23-9-10-23/h1,8,11,17-19,23,29,45-46H,4-7,9-10,12-16,20-21H2,2H3. The molecule has 2 aliphatic carbocycles. The molecule has 2 saturated carbocycles. The summed E-state index contributed by atoms with van der Waals surface area (Å²) in [5.74, 6) is 1.32. The van der Waals surface area contributed by atoms with E-state index in [-0.39, 0.29) is 44.9 Å². The van der Waals surface area contributed by atoms with E-state index in [0.717, 1.165) is 45.1 Å². The van der Waals surface area contributed by atoms with Crippen LogP contribution < -0.4 is 9.64 Å². The van der Waals surface area contributed by atoms with E-state index in [2.05, 4.69) is 20.8 Å². The number of hydrogen-bond acceptors (Lipinski definition) is 8. The molecule has 3 unspecified atom stereocenters. The van der Waals surface area contributed by atoms with Gasteiger partial charge in [-0.2, -0.15) is 9.97 Å². The molecular weight excluding hydrogens is 600 g/mol. The number of terminal acetylenes is 1. The lowest BCUT2D eigenvalue weighted by Crippen LogP contribution is -2.52. The highest BCUT2D eigenvalue weighted by atomic mass is 19.1. The van der Waals surface area contributed by atoms with Gasteiger partial charge in [0, 0.05) is 47.7 Å². The number of β-amino-alcohol motifs (C(OH)–C–C–N with tert-alkyl or cyclic N) is 1. The number of aliphatic hydroxyl groups is 1. The maximum atomic E-state index is 16.9. The molecule has 47 heavy (non-hydrogen) atoms. The molecule has 0 radical (unpaired) electrons. The molecule has 8 rings (SSSR count). The lowest BCUT2D eigenvalue weighted by Gasteiger charge is -2.46. The zero-order valence-corrected chi connectivity index (χ0v) is 26.6. The van der Waals surface area contributed by atoms with Gasteiger partial charge in [0.1, 0.15) is 28.6 Å². The van der Waals surface area contributed by atoms with Crippen molar-refractivity contribution in [3.8, 4) is 35.4 Å². The Labute approximate surface area is 272 Å². The molecule has 4 aliphatic rings. The Morgan fingerprint density at radius 2 is 1.87 bits per heavy atom. The second kappa shape index (κ2) is 11.3. The average molecular weight is 640 g/mol. The van der Waals surface area contributed by atoms with Crippen molar-refractivity contribution >= 4 is 27.5 Å². The summed E-state index contributed by atoms with van der Waals surface area (Å²) < 4.78 is 38.2. The van der Waals surface area contributed by atoms with Gasteiger partial charge in [0.15, 0.2) is 5.82 Å². The predicted molar refractivity (Wildman–Crippen MR) is 176 cm³/mol. The van der Waals surface area contributed by atoms with Crippen LogP contribution in [0.1, 0.15) is 70.3 Å². The number of likely N-dealkylation sites (tertiary alicyclic amines) is 1. The van der Waals surface area contributed by atoms with E-state index in [1.165, 1.54) is 43.3 Å². The minimum atomic E-state index is -0.941. The van der Waals surface area contributed by atoms with Crippen LogP contribution in [-0.4, -0.2) is 74.0 Å². The van der Waals surface area contributed by atoms with Gasteiger partial charge < -0.3 is 19.8 Å². The minimum Gasteiger partial charge on any atom is -0.508 e. The van der Waals surface area contributed by atoms with Gasteiger partial charge in [-0.25, -0.2) is 8.78 Å². The van der Waals surface area contributed by atoms with Crippen LogP contribution in [0.2, 0.25) is 0 Å². The SMILES string of the molecule is C#Cc1c(F)ccc2cc(O)cc(-c3ncc4c(N5CCCC(C)(O)C5)nc(OCC56CCCC5N(C5CC5)CCC6)nc4c3F)c12. The molecular formula is C37H39F2N5O3. The monoisotopic (exact) mass is 639 g/mol. The highest BCUT2D eigenvalue weighted by Crippen LogP contribution is 2.51. The molecule has 0 bridgehead atoms. The molecule has 2 N–H and O–H groups in total. The van der Waals surface area contributed by atoms with Crippen LogP contribution in [0.4, 0.5) is 14.6 Å². The third kappa shape index (κ3) is 5.24. The zero-order chi connectivity index (χ0) is 32.5. The van der Waals surface area contributed by atoms with Gasteiger partial charge in [-0.3, -0.25) is 9.88 Å². The summed E-state index contributed by atoms with van der Waals surface area (Å²) in [4.78, 5) is 18.6. The van der Waals surface area contributed by atoms with Crippen molar-refractivity contribution in [3.05, 3.63) is 47.7 Å². The van der Waals surface area contributed by atoms with Crippen LogP contribution in [0.15, 0.2) is 30.5 Å². The summed E-state index contributed by atoms with van der Waals surface area (Å²) in [5, 5.41) is 22.6. The van der Waals surface area contributed by atoms with Gasteiger partial charge in [-0.05, 0) is 88.4 Å². The Kier molecular flexibility index (Phi) is 7.26. The molecule has 244 valence electrons. The van der Waals surface area contributed by atoms with Crippen molar-refractivity contribution in [3.63, 3.8) is 0 Å². The van der Waals surface area contributed by atoms with Crippen molar-refractivity contribution < 1.29 is 23.7 Å². The Bertz CT molecular complexity index is 1940. The van der Waals surface area contributed by atoms with Gasteiger partial charge in [-0.15, -0.1) is 6.42 Å². The molecule has 0 spiro atoms. The molecule has 2 saturated heterocycles. The summed E-state index contributed by atoms with van der Waals surface area (Å²) in [6.07, 6.45) is 16.7. The first-order valence-corrected chi connectivity index (χ1v) is 16.8. The van der Waals surface area contributed by atoms with Gasteiger partial charge >= 0.3 is 6.01 Å². The maximum Gasteiger partial charge on any atom is 0.319 e. The number of piperidine rings is 2. The van der Waals surface area contributed by atoms with E-state index in [1.54, 1.807) is 6.92 Å². The maximum absolute atomic E-state index is 16.9. The number of rotatable bonds is 6. The number of fused-ring (bicyclic) bond motifs is 3. The molecule has 3 atom stereocenters. The Morgan fingerprint density at radius 1 is 1.06 bits per heavy atom. The van der Waals surface area contributed by atoms with Gasteiger partial charge in [-0.1, -0.05) is 18.4 Å². The summed E-state index contributed by atoms with van der Waals surface area (Å²) >= 11 is 0. The number of phenols is 1. The number of nitrogens with zero attached hydrogens (tertiary/aromatic N) is 5. The minimum absolute atomic E-state index is 0.000840. The first-order valence-electron chi connectivity index (χ1n) is 16.8. The molecule has 4 aromatic rings. The lowest BCUT2D eigenvalue weighted by molar-refractivity contribution is -0.00469. The summed E-state index contributed by atoms with van der Waals surface area (Å²) in [6, 6.07) is 6.75. The van der Waals surface area contributed by atoms with Crippen LogP contribution in [0.25, 0.3) is 32.9 Å². The summed E-state index contributed by atoms with van der Waals surface area (Å²) in [7, 11) is 0. The van der Waals surface area contributed by atoms with Crippen LogP contribution in [0.5, 0.6) is 11.8 Å². The van der Waals surface area contributed by atoms with Gasteiger partial charge in [0.05, 0.1) is 23.2 Å². The van der Waals surface area contributed by atoms with Gasteiger partial charge in [0.25, 0.3) is 0 Å². The zero-order valence-electron chi connectivity index (χ0n) is 26.6. The van der Waals surface area contributed by atoms with E-state index >= 15 is 4.39 Å². The summed E-state index contributed by atoms with van der Waals surface area (Å²) in [6.45, 7) is 4.31. The largest absolute Gasteiger partial charge is 0.508 e. The molecule has 4 heterocycles. The molecule has 10 heteroatoms. The first kappa shape index (κ1) is 30.3. The fourth-order valence-corrected chi connectivity index (χ4v) is 8.66. The van der Waals surface area contributed by atoms with Crippen molar-refractivity contribution in [2.75, 3.05) is 31.1 Å². The number of anilines is 1. The highest BCUT2D eigenvalue weighted by Gasteiger charge is 2.51. The lowest BCUT2D eigenvalue weighted by atomic mass is 9.75. The Hall–Kier alpha value is -4.07. The molecule has 0 amide bonds. The molecule has 2 aliphatic heterocycles. The predicted octanol–water partition coefficient (Wildman–Crippen LogP) is 6.34. The van der Waals surface area contributed by atoms with Crippen molar-refractivity contribution in [1.29, 1.82) is 0 Å². The number of aromatic nitrogens is 3. The van der Waals surface area contributed by atoms with E-state index < -0.39 is 17.2 Å². The van der Waals surface area contributed by atoms with E-state index in [0.29, 0.717) is 54.8 Å². The van der Waals surface area contributed by atoms with Crippen molar-refractivity contribution in [1.82, 2.24) is 19.9 Å². The van der Waals surface area contributed by atoms with Crippen LogP contribution in [-0.2, 0) is 0 Å². The quantitative estimate of drug-likeness (QED) is 0.236. The average Bonchev–Trinajstić information content (AvgIpc) is 3.81. The van der Waals surface area contributed by atoms with E-state index in [9.17, 15) is 14.6 Å². The smallest absolute Gasteiger partial charge is 0.319 e. The number of phenolic OH excluding ortho intramolecular Hbond substituents is 1.